The van der Waals surface area contributed by atoms with Crippen molar-refractivity contribution < 1.29 is 4.79 Å². The number of hydrogen-bond donors (Lipinski definition) is 2. The van der Waals surface area contributed by atoms with E-state index in [1.54, 1.807) is 12.1 Å². The number of rotatable bonds is 4. The zero-order chi connectivity index (χ0) is 13.7. The van der Waals surface area contributed by atoms with E-state index in [0.29, 0.717) is 0 Å². The maximum Gasteiger partial charge on any atom is 0.249 e. The van der Waals surface area contributed by atoms with Crippen LogP contribution in [-0.2, 0) is 4.79 Å². The number of carbonyl (C=O) groups excluding carboxylic acids is 1. The molecule has 1 aromatic heterocycles. The Morgan fingerprint density at radius 3 is 2.58 bits per heavy atom. The van der Waals surface area contributed by atoms with Gasteiger partial charge in [-0.05, 0) is 5.56 Å². The van der Waals surface area contributed by atoms with Gasteiger partial charge in [-0.2, -0.15) is 5.10 Å². The van der Waals surface area contributed by atoms with Crippen LogP contribution in [-0.4, -0.2) is 26.1 Å². The molecule has 0 radical (unpaired) electrons. The zero-order valence-electron chi connectivity index (χ0n) is 9.85. The predicted molar refractivity (Wildman–Crippen MR) is 74.4 cm³/mol. The third-order valence-electron chi connectivity index (χ3n) is 2.40. The maximum absolute atomic E-state index is 12.2. The highest BCUT2D eigenvalue weighted by Crippen LogP contribution is 2.17. The van der Waals surface area contributed by atoms with E-state index in [9.17, 15) is 4.79 Å². The van der Waals surface area contributed by atoms with Crippen LogP contribution < -0.4 is 11.1 Å². The third-order valence-corrected chi connectivity index (χ3v) is 2.63. The van der Waals surface area contributed by atoms with Gasteiger partial charge in [0.2, 0.25) is 11.9 Å². The molecule has 0 saturated heterocycles. The third kappa shape index (κ3) is 3.29. The van der Waals surface area contributed by atoms with Gasteiger partial charge in [-0.15, -0.1) is 5.10 Å². The number of nitrogens with zero attached hydrogens (tertiary/aromatic N) is 3. The zero-order valence-corrected chi connectivity index (χ0v) is 10.7. The standard InChI is InChI=1S/C12H11N5OS/c13-10(19)9(8-4-2-1-3-5-8)11(18)16-12-14-6-7-15-17-12/h1-7,9H,(H2,13,19)(H,14,16,17,18). The van der Waals surface area contributed by atoms with Gasteiger partial charge < -0.3 is 5.73 Å². The van der Waals surface area contributed by atoms with E-state index in [2.05, 4.69) is 20.5 Å². The molecule has 1 aromatic carbocycles. The number of thiocarbonyl (C=S) groups is 1. The fourth-order valence-electron chi connectivity index (χ4n) is 1.58. The van der Waals surface area contributed by atoms with Crippen molar-refractivity contribution >= 4 is 29.1 Å². The van der Waals surface area contributed by atoms with Crippen LogP contribution in [0.5, 0.6) is 0 Å². The molecule has 6 nitrogen and oxygen atoms in total. The largest absolute Gasteiger partial charge is 0.392 e. The van der Waals surface area contributed by atoms with Crippen molar-refractivity contribution in [3.05, 3.63) is 48.3 Å². The summed E-state index contributed by atoms with van der Waals surface area (Å²) >= 11 is 4.95. The van der Waals surface area contributed by atoms with E-state index in [-0.39, 0.29) is 16.8 Å². The second-order valence-electron chi connectivity index (χ2n) is 3.70. The van der Waals surface area contributed by atoms with E-state index in [4.69, 9.17) is 18.0 Å². The van der Waals surface area contributed by atoms with Crippen molar-refractivity contribution in [1.29, 1.82) is 0 Å². The summed E-state index contributed by atoms with van der Waals surface area (Å²) < 4.78 is 0. The molecule has 2 aromatic rings. The minimum absolute atomic E-state index is 0.0904. The predicted octanol–water partition coefficient (Wildman–Crippen LogP) is 0.880. The molecule has 2 rings (SSSR count). The van der Waals surface area contributed by atoms with E-state index < -0.39 is 5.92 Å². The molecule has 0 spiro atoms. The van der Waals surface area contributed by atoms with Gasteiger partial charge >= 0.3 is 0 Å². The summed E-state index contributed by atoms with van der Waals surface area (Å²) in [5.74, 6) is -0.989. The van der Waals surface area contributed by atoms with Crippen LogP contribution in [0.15, 0.2) is 42.7 Å². The molecule has 0 aliphatic carbocycles. The highest BCUT2D eigenvalue weighted by Gasteiger charge is 2.24. The van der Waals surface area contributed by atoms with Crippen molar-refractivity contribution in [3.8, 4) is 0 Å². The van der Waals surface area contributed by atoms with Gasteiger partial charge in [0.25, 0.3) is 0 Å². The van der Waals surface area contributed by atoms with Gasteiger partial charge in [-0.25, -0.2) is 4.98 Å². The van der Waals surface area contributed by atoms with E-state index >= 15 is 0 Å². The molecular formula is C12H11N5OS. The average Bonchev–Trinajstić information content (AvgIpc) is 2.40. The van der Waals surface area contributed by atoms with Crippen LogP contribution in [0.1, 0.15) is 11.5 Å². The van der Waals surface area contributed by atoms with E-state index in [1.807, 2.05) is 18.2 Å². The number of nitrogens with one attached hydrogen (secondary N) is 1. The minimum Gasteiger partial charge on any atom is -0.392 e. The molecule has 0 saturated carbocycles. The van der Waals surface area contributed by atoms with Gasteiger partial charge in [0.15, 0.2) is 0 Å². The fraction of sp³-hybridized carbons (Fsp3) is 0.0833. The second kappa shape index (κ2) is 5.96. The highest BCUT2D eigenvalue weighted by atomic mass is 32.1. The summed E-state index contributed by atoms with van der Waals surface area (Å²) in [6.07, 6.45) is 2.85. The minimum atomic E-state index is -0.722. The number of hydrogen-bond acceptors (Lipinski definition) is 5. The van der Waals surface area contributed by atoms with Crippen LogP contribution in [0.4, 0.5) is 5.95 Å². The molecular weight excluding hydrogens is 262 g/mol. The smallest absolute Gasteiger partial charge is 0.249 e. The van der Waals surface area contributed by atoms with Crippen molar-refractivity contribution in [2.24, 2.45) is 5.73 Å². The number of nitrogens with two attached hydrogens (primary N) is 1. The first-order valence-electron chi connectivity index (χ1n) is 5.47. The Bertz CT molecular complexity index is 575. The van der Waals surface area contributed by atoms with E-state index in [1.165, 1.54) is 12.4 Å². The first-order chi connectivity index (χ1) is 9.18. The fourth-order valence-corrected chi connectivity index (χ4v) is 1.82. The summed E-state index contributed by atoms with van der Waals surface area (Å²) in [6.45, 7) is 0. The second-order valence-corrected chi connectivity index (χ2v) is 4.17. The molecule has 0 aliphatic heterocycles. The lowest BCUT2D eigenvalue weighted by atomic mass is 9.98. The van der Waals surface area contributed by atoms with Crippen LogP contribution >= 0.6 is 12.2 Å². The number of anilines is 1. The Hall–Kier alpha value is -2.41. The van der Waals surface area contributed by atoms with Crippen LogP contribution in [0.25, 0.3) is 0 Å². The molecule has 7 heteroatoms. The van der Waals surface area contributed by atoms with Gasteiger partial charge in [0, 0.05) is 0 Å². The molecule has 0 aliphatic rings. The van der Waals surface area contributed by atoms with Crippen LogP contribution in [0.3, 0.4) is 0 Å². The van der Waals surface area contributed by atoms with Gasteiger partial charge in [0.05, 0.1) is 17.4 Å². The van der Waals surface area contributed by atoms with Gasteiger partial charge in [0.1, 0.15) is 5.92 Å². The summed E-state index contributed by atoms with van der Waals surface area (Å²) in [7, 11) is 0. The molecule has 1 amide bonds. The first kappa shape index (κ1) is 13.0. The Kier molecular flexibility index (Phi) is 4.09. The monoisotopic (exact) mass is 273 g/mol. The Morgan fingerprint density at radius 2 is 2.00 bits per heavy atom. The van der Waals surface area contributed by atoms with Crippen LogP contribution in [0.2, 0.25) is 0 Å². The number of benzene rings is 1. The number of carbonyl (C=O) groups is 1. The lowest BCUT2D eigenvalue weighted by Crippen LogP contribution is -2.31. The van der Waals surface area contributed by atoms with E-state index in [0.717, 1.165) is 5.56 Å². The quantitative estimate of drug-likeness (QED) is 0.803. The normalized spacial score (nSPS) is 11.6. The van der Waals surface area contributed by atoms with Crippen molar-refractivity contribution in [3.63, 3.8) is 0 Å². The molecule has 0 bridgehead atoms. The highest BCUT2D eigenvalue weighted by molar-refractivity contribution is 7.80. The average molecular weight is 273 g/mol. The molecule has 0 fully saturated rings. The molecule has 19 heavy (non-hydrogen) atoms. The van der Waals surface area contributed by atoms with Crippen molar-refractivity contribution in [2.75, 3.05) is 5.32 Å². The summed E-state index contributed by atoms with van der Waals surface area (Å²) in [4.78, 5) is 16.1. The summed E-state index contributed by atoms with van der Waals surface area (Å²) in [6, 6.07) is 9.05. The van der Waals surface area contributed by atoms with Crippen LogP contribution in [0, 0.1) is 0 Å². The Morgan fingerprint density at radius 1 is 1.26 bits per heavy atom. The van der Waals surface area contributed by atoms with Crippen molar-refractivity contribution in [2.45, 2.75) is 5.92 Å². The Labute approximate surface area is 115 Å². The van der Waals surface area contributed by atoms with Gasteiger partial charge in [-0.3, -0.25) is 10.1 Å². The van der Waals surface area contributed by atoms with Crippen molar-refractivity contribution in [1.82, 2.24) is 15.2 Å². The summed E-state index contributed by atoms with van der Waals surface area (Å²) in [5.41, 5.74) is 6.36. The molecule has 96 valence electrons. The number of aromatic nitrogens is 3. The molecule has 1 atom stereocenters. The lowest BCUT2D eigenvalue weighted by molar-refractivity contribution is -0.116. The Balaban J connectivity index is 2.21. The number of amides is 1. The topological polar surface area (TPSA) is 93.8 Å². The van der Waals surface area contributed by atoms with Gasteiger partial charge in [-0.1, -0.05) is 42.5 Å². The summed E-state index contributed by atoms with van der Waals surface area (Å²) in [5, 5.41) is 9.83. The lowest BCUT2D eigenvalue weighted by Gasteiger charge is -2.14. The SMILES string of the molecule is NC(=S)C(C(=O)Nc1nccnn1)c1ccccc1. The molecule has 1 heterocycles. The first-order valence-corrected chi connectivity index (χ1v) is 5.88. The molecule has 3 N–H and O–H groups in total. The maximum atomic E-state index is 12.2. The molecule has 1 unspecified atom stereocenters.